The van der Waals surface area contributed by atoms with Gasteiger partial charge in [0.2, 0.25) is 0 Å². The Kier molecular flexibility index (Phi) is 2.73. The number of hydrogen-bond acceptors (Lipinski definition) is 7. The number of H-pyrrole nitrogens is 1. The van der Waals surface area contributed by atoms with Gasteiger partial charge in [-0.3, -0.25) is 4.79 Å². The monoisotopic (exact) mass is 277 g/mol. The van der Waals surface area contributed by atoms with Gasteiger partial charge < -0.3 is 10.7 Å². The van der Waals surface area contributed by atoms with E-state index in [1.807, 2.05) is 0 Å². The van der Waals surface area contributed by atoms with E-state index in [1.165, 1.54) is 35.9 Å². The summed E-state index contributed by atoms with van der Waals surface area (Å²) in [6, 6.07) is 3.41. The van der Waals surface area contributed by atoms with Crippen molar-refractivity contribution in [3.05, 3.63) is 35.1 Å². The molecule has 2 heterocycles. The molecule has 0 aliphatic heterocycles. The minimum atomic E-state index is -0.195. The van der Waals surface area contributed by atoms with Gasteiger partial charge in [-0.1, -0.05) is 11.8 Å². The highest BCUT2D eigenvalue weighted by molar-refractivity contribution is 8.01. The zero-order valence-corrected chi connectivity index (χ0v) is 10.6. The van der Waals surface area contributed by atoms with Crippen molar-refractivity contribution < 1.29 is 0 Å². The number of anilines is 1. The molecule has 0 bridgehead atoms. The molecule has 0 spiro atoms. The first-order chi connectivity index (χ1) is 8.74. The molecule has 3 aromatic rings. The van der Waals surface area contributed by atoms with Gasteiger partial charge in [-0.2, -0.15) is 4.37 Å². The van der Waals surface area contributed by atoms with Crippen LogP contribution in [0.5, 0.6) is 0 Å². The standard InChI is InChI=1S/C10H7N5OS2/c11-6-1-5-7(12-3-13-9(5)16)2-8(6)17-10-14-4-15-18-10/h1-4H,11H2,(H,12,13,16). The fourth-order valence-corrected chi connectivity index (χ4v) is 2.96. The van der Waals surface area contributed by atoms with Crippen molar-refractivity contribution >= 4 is 39.9 Å². The van der Waals surface area contributed by atoms with E-state index in [4.69, 9.17) is 5.73 Å². The predicted octanol–water partition coefficient (Wildman–Crippen LogP) is 1.51. The van der Waals surface area contributed by atoms with Crippen LogP contribution in [0.3, 0.4) is 0 Å². The number of nitrogens with one attached hydrogen (secondary N) is 1. The first kappa shape index (κ1) is 11.2. The molecule has 0 unspecified atom stereocenters. The lowest BCUT2D eigenvalue weighted by molar-refractivity contribution is 1.17. The zero-order chi connectivity index (χ0) is 12.5. The Morgan fingerprint density at radius 1 is 1.33 bits per heavy atom. The van der Waals surface area contributed by atoms with E-state index in [0.717, 1.165) is 9.24 Å². The molecule has 3 rings (SSSR count). The van der Waals surface area contributed by atoms with Gasteiger partial charge in [-0.05, 0) is 23.7 Å². The molecule has 2 aromatic heterocycles. The summed E-state index contributed by atoms with van der Waals surface area (Å²) in [5.74, 6) is 0. The lowest BCUT2D eigenvalue weighted by Crippen LogP contribution is -2.07. The van der Waals surface area contributed by atoms with Crippen molar-refractivity contribution in [1.29, 1.82) is 0 Å². The Labute approximate surface area is 109 Å². The normalized spacial score (nSPS) is 10.9. The molecule has 90 valence electrons. The van der Waals surface area contributed by atoms with Gasteiger partial charge in [0, 0.05) is 10.6 Å². The van der Waals surface area contributed by atoms with Gasteiger partial charge in [0.25, 0.3) is 5.56 Å². The average molecular weight is 277 g/mol. The summed E-state index contributed by atoms with van der Waals surface area (Å²) in [5, 5.41) is 0.483. The maximum atomic E-state index is 11.6. The van der Waals surface area contributed by atoms with Crippen molar-refractivity contribution in [1.82, 2.24) is 19.3 Å². The molecule has 6 nitrogen and oxygen atoms in total. The Hall–Kier alpha value is -1.93. The number of aromatic nitrogens is 4. The third-order valence-electron chi connectivity index (χ3n) is 2.31. The second-order valence-corrected chi connectivity index (χ2v) is 5.52. The summed E-state index contributed by atoms with van der Waals surface area (Å²) in [6.07, 6.45) is 2.87. The molecule has 18 heavy (non-hydrogen) atoms. The number of nitrogens with zero attached hydrogens (tertiary/aromatic N) is 3. The molecule has 8 heteroatoms. The minimum Gasteiger partial charge on any atom is -0.398 e. The SMILES string of the molecule is Nc1cc2c(=O)[nH]cnc2cc1Sc1ncns1. The van der Waals surface area contributed by atoms with Crippen molar-refractivity contribution in [2.24, 2.45) is 0 Å². The van der Waals surface area contributed by atoms with Crippen LogP contribution in [0.25, 0.3) is 10.9 Å². The van der Waals surface area contributed by atoms with Crippen molar-refractivity contribution in [2.45, 2.75) is 9.24 Å². The topological polar surface area (TPSA) is 97.6 Å². The molecule has 1 aromatic carbocycles. The maximum absolute atomic E-state index is 11.6. The van der Waals surface area contributed by atoms with Crippen LogP contribution >= 0.6 is 23.3 Å². The average Bonchev–Trinajstić information content (AvgIpc) is 2.84. The van der Waals surface area contributed by atoms with Crippen LogP contribution in [0.15, 0.2) is 38.8 Å². The molecule has 0 aliphatic carbocycles. The van der Waals surface area contributed by atoms with Crippen LogP contribution in [-0.4, -0.2) is 19.3 Å². The van der Waals surface area contributed by atoms with Gasteiger partial charge in [0.1, 0.15) is 6.33 Å². The quantitative estimate of drug-likeness (QED) is 0.689. The van der Waals surface area contributed by atoms with Crippen molar-refractivity contribution in [3.63, 3.8) is 0 Å². The summed E-state index contributed by atoms with van der Waals surface area (Å²) < 4.78 is 4.72. The maximum Gasteiger partial charge on any atom is 0.258 e. The molecule has 0 saturated carbocycles. The highest BCUT2D eigenvalue weighted by atomic mass is 32.2. The number of rotatable bonds is 2. The molecule has 0 radical (unpaired) electrons. The van der Waals surface area contributed by atoms with E-state index in [-0.39, 0.29) is 5.56 Å². The van der Waals surface area contributed by atoms with Crippen LogP contribution in [0.2, 0.25) is 0 Å². The van der Waals surface area contributed by atoms with E-state index in [0.29, 0.717) is 16.6 Å². The molecular weight excluding hydrogens is 270 g/mol. The van der Waals surface area contributed by atoms with Crippen LogP contribution in [-0.2, 0) is 0 Å². The molecule has 0 fully saturated rings. The highest BCUT2D eigenvalue weighted by Crippen LogP contribution is 2.33. The summed E-state index contributed by atoms with van der Waals surface area (Å²) in [6.45, 7) is 0. The van der Waals surface area contributed by atoms with E-state index in [9.17, 15) is 4.79 Å². The third kappa shape index (κ3) is 1.95. The number of fused-ring (bicyclic) bond motifs is 1. The number of nitrogens with two attached hydrogens (primary N) is 1. The van der Waals surface area contributed by atoms with Crippen LogP contribution in [0.1, 0.15) is 0 Å². The first-order valence-corrected chi connectivity index (χ1v) is 6.54. The summed E-state index contributed by atoms with van der Waals surface area (Å²) in [4.78, 5) is 23.1. The number of benzene rings is 1. The summed E-state index contributed by atoms with van der Waals surface area (Å²) in [7, 11) is 0. The lowest BCUT2D eigenvalue weighted by atomic mass is 10.2. The van der Waals surface area contributed by atoms with E-state index in [2.05, 4.69) is 19.3 Å². The van der Waals surface area contributed by atoms with Crippen molar-refractivity contribution in [3.8, 4) is 0 Å². The van der Waals surface area contributed by atoms with Crippen LogP contribution < -0.4 is 11.3 Å². The molecular formula is C10H7N5OS2. The van der Waals surface area contributed by atoms with E-state index in [1.54, 1.807) is 12.1 Å². The molecule has 0 aliphatic rings. The summed E-state index contributed by atoms with van der Waals surface area (Å²) >= 11 is 2.70. The van der Waals surface area contributed by atoms with E-state index < -0.39 is 0 Å². The number of aromatic amines is 1. The largest absolute Gasteiger partial charge is 0.398 e. The fourth-order valence-electron chi connectivity index (χ4n) is 1.50. The third-order valence-corrected chi connectivity index (χ3v) is 4.10. The van der Waals surface area contributed by atoms with Gasteiger partial charge in [0.15, 0.2) is 4.34 Å². The Morgan fingerprint density at radius 3 is 3.00 bits per heavy atom. The van der Waals surface area contributed by atoms with E-state index >= 15 is 0 Å². The Bertz CT molecular complexity index is 753. The van der Waals surface area contributed by atoms with Gasteiger partial charge in [0.05, 0.1) is 17.2 Å². The van der Waals surface area contributed by atoms with Gasteiger partial charge >= 0.3 is 0 Å². The summed E-state index contributed by atoms with van der Waals surface area (Å²) in [5.41, 5.74) is 6.87. The smallest absolute Gasteiger partial charge is 0.258 e. The lowest BCUT2D eigenvalue weighted by Gasteiger charge is -2.04. The van der Waals surface area contributed by atoms with Crippen LogP contribution in [0.4, 0.5) is 5.69 Å². The first-order valence-electron chi connectivity index (χ1n) is 4.95. The second kappa shape index (κ2) is 4.39. The molecule has 0 atom stereocenters. The van der Waals surface area contributed by atoms with Gasteiger partial charge in [-0.15, -0.1) is 0 Å². The fraction of sp³-hybridized carbons (Fsp3) is 0. The molecule has 0 amide bonds. The van der Waals surface area contributed by atoms with Crippen molar-refractivity contribution in [2.75, 3.05) is 5.73 Å². The highest BCUT2D eigenvalue weighted by Gasteiger charge is 2.08. The Morgan fingerprint density at radius 2 is 2.22 bits per heavy atom. The Balaban J connectivity index is 2.13. The second-order valence-electron chi connectivity index (χ2n) is 3.45. The van der Waals surface area contributed by atoms with Gasteiger partial charge in [-0.25, -0.2) is 9.97 Å². The minimum absolute atomic E-state index is 0.195. The number of nitrogen functional groups attached to an aromatic ring is 1. The molecule has 0 saturated heterocycles. The predicted molar refractivity (Wildman–Crippen MR) is 70.8 cm³/mol. The van der Waals surface area contributed by atoms with Crippen LogP contribution in [0, 0.1) is 0 Å². The zero-order valence-electron chi connectivity index (χ0n) is 8.95. The molecule has 3 N–H and O–H groups in total. The number of hydrogen-bond donors (Lipinski definition) is 2.